The summed E-state index contributed by atoms with van der Waals surface area (Å²) in [7, 11) is 0. The summed E-state index contributed by atoms with van der Waals surface area (Å²) in [4.78, 5) is 0. The highest BCUT2D eigenvalue weighted by molar-refractivity contribution is 5.18. The van der Waals surface area contributed by atoms with Gasteiger partial charge in [-0.2, -0.15) is 0 Å². The van der Waals surface area contributed by atoms with Crippen LogP contribution in [-0.4, -0.2) is 11.7 Å². The maximum absolute atomic E-state index is 6.58. The Morgan fingerprint density at radius 3 is 2.39 bits per heavy atom. The van der Waals surface area contributed by atoms with Gasteiger partial charge in [-0.15, -0.1) is 0 Å². The van der Waals surface area contributed by atoms with Crippen molar-refractivity contribution >= 4 is 0 Å². The van der Waals surface area contributed by atoms with Crippen LogP contribution in [0.3, 0.4) is 0 Å². The van der Waals surface area contributed by atoms with Gasteiger partial charge in [-0.1, -0.05) is 53.9 Å². The van der Waals surface area contributed by atoms with Gasteiger partial charge >= 0.3 is 0 Å². The molecule has 1 heteroatoms. The van der Waals surface area contributed by atoms with E-state index in [1.807, 2.05) is 0 Å². The van der Waals surface area contributed by atoms with Crippen LogP contribution >= 0.6 is 0 Å². The Hall–Kier alpha value is -0.0400. The second-order valence-electron chi connectivity index (χ2n) is 12.8. The molecule has 9 atom stereocenters. The summed E-state index contributed by atoms with van der Waals surface area (Å²) in [6.07, 6.45) is 18.1. The molecule has 6 rings (SSSR count). The number of fused-ring (bicyclic) bond motifs is 4. The molecule has 0 aromatic rings. The van der Waals surface area contributed by atoms with Crippen molar-refractivity contribution in [3.8, 4) is 0 Å². The summed E-state index contributed by atoms with van der Waals surface area (Å²) in [5.74, 6) is 5.76. The molecule has 28 heavy (non-hydrogen) atoms. The quantitative estimate of drug-likeness (QED) is 0.472. The highest BCUT2D eigenvalue weighted by Gasteiger charge is 2.69. The predicted octanol–water partition coefficient (Wildman–Crippen LogP) is 7.63. The van der Waals surface area contributed by atoms with Gasteiger partial charge in [-0.25, -0.2) is 0 Å². The highest BCUT2D eigenvalue weighted by atomic mass is 16.5. The van der Waals surface area contributed by atoms with Gasteiger partial charge in [0.1, 0.15) is 0 Å². The van der Waals surface area contributed by atoms with E-state index in [-0.39, 0.29) is 0 Å². The third-order valence-electron chi connectivity index (χ3n) is 11.3. The Morgan fingerprint density at radius 2 is 1.64 bits per heavy atom. The Kier molecular flexibility index (Phi) is 4.78. The van der Waals surface area contributed by atoms with E-state index in [9.17, 15) is 0 Å². The van der Waals surface area contributed by atoms with E-state index in [1.165, 1.54) is 77.0 Å². The highest BCUT2D eigenvalue weighted by Crippen LogP contribution is 2.72. The van der Waals surface area contributed by atoms with Gasteiger partial charge in [0, 0.05) is 6.42 Å². The summed E-state index contributed by atoms with van der Waals surface area (Å²) < 4.78 is 6.58. The SMILES string of the molecule is CC(C)CCC[C@@H](C)[C@@H]1CC[C@@H]2[C@@H]3CC[C@@]45C[C@@H](CC[C@]4(C)[C@@H]3CC[C@@]21C)O5. The van der Waals surface area contributed by atoms with Crippen LogP contribution in [0.4, 0.5) is 0 Å². The molecule has 0 aromatic carbocycles. The molecule has 4 aliphatic carbocycles. The molecule has 1 nitrogen and oxygen atoms in total. The molecule has 4 saturated carbocycles. The van der Waals surface area contributed by atoms with Crippen molar-refractivity contribution in [1.82, 2.24) is 0 Å². The molecule has 0 N–H and O–H groups in total. The lowest BCUT2D eigenvalue weighted by molar-refractivity contribution is -0.336. The van der Waals surface area contributed by atoms with E-state index >= 15 is 0 Å². The van der Waals surface area contributed by atoms with Gasteiger partial charge in [0.2, 0.25) is 0 Å². The van der Waals surface area contributed by atoms with Crippen LogP contribution in [0.15, 0.2) is 0 Å². The zero-order valence-electron chi connectivity index (χ0n) is 19.4. The number of ether oxygens (including phenoxy) is 1. The lowest BCUT2D eigenvalue weighted by atomic mass is 9.41. The summed E-state index contributed by atoms with van der Waals surface area (Å²) in [6, 6.07) is 0. The molecule has 6 fully saturated rings. The van der Waals surface area contributed by atoms with Gasteiger partial charge in [0.05, 0.1) is 11.7 Å². The first kappa shape index (κ1) is 19.9. The first-order valence-corrected chi connectivity index (χ1v) is 13.0. The van der Waals surface area contributed by atoms with Crippen LogP contribution in [0.5, 0.6) is 0 Å². The second-order valence-corrected chi connectivity index (χ2v) is 12.8. The van der Waals surface area contributed by atoms with Crippen LogP contribution < -0.4 is 0 Å². The van der Waals surface area contributed by atoms with E-state index < -0.39 is 0 Å². The minimum atomic E-state index is 0.299. The van der Waals surface area contributed by atoms with Crippen LogP contribution in [0.1, 0.15) is 112 Å². The van der Waals surface area contributed by atoms with Crippen molar-refractivity contribution in [2.75, 3.05) is 0 Å². The lowest BCUT2D eigenvalue weighted by Gasteiger charge is -2.70. The van der Waals surface area contributed by atoms with Crippen molar-refractivity contribution in [2.45, 2.75) is 123 Å². The molecular formula is C27H46O. The largest absolute Gasteiger partial charge is 0.371 e. The molecule has 2 saturated heterocycles. The number of rotatable bonds is 5. The average Bonchev–Trinajstić information content (AvgIpc) is 2.97. The number of hydrogen-bond acceptors (Lipinski definition) is 1. The molecule has 160 valence electrons. The maximum atomic E-state index is 6.58. The summed E-state index contributed by atoms with van der Waals surface area (Å²) in [5.41, 5.74) is 1.43. The molecule has 6 aliphatic rings. The van der Waals surface area contributed by atoms with Crippen LogP contribution in [0.25, 0.3) is 0 Å². The van der Waals surface area contributed by atoms with Crippen LogP contribution in [-0.2, 0) is 4.74 Å². The summed E-state index contributed by atoms with van der Waals surface area (Å²) in [6.45, 7) is 12.8. The van der Waals surface area contributed by atoms with E-state index in [0.717, 1.165) is 35.5 Å². The fourth-order valence-corrected chi connectivity index (χ4v) is 9.77. The fraction of sp³-hybridized carbons (Fsp3) is 1.00. The third-order valence-corrected chi connectivity index (χ3v) is 11.3. The molecule has 0 amide bonds. The molecule has 0 unspecified atom stereocenters. The number of hydrogen-bond donors (Lipinski definition) is 0. The van der Waals surface area contributed by atoms with Crippen molar-refractivity contribution in [3.05, 3.63) is 0 Å². The monoisotopic (exact) mass is 386 g/mol. The lowest BCUT2D eigenvalue weighted by Crippen LogP contribution is -2.70. The minimum absolute atomic E-state index is 0.299. The Morgan fingerprint density at radius 1 is 0.857 bits per heavy atom. The van der Waals surface area contributed by atoms with Crippen LogP contribution in [0, 0.1) is 46.3 Å². The van der Waals surface area contributed by atoms with Gasteiger partial charge in [-0.05, 0) is 97.7 Å². The fourth-order valence-electron chi connectivity index (χ4n) is 9.77. The Labute approximate surface area is 174 Å². The normalized spacial score (nSPS) is 53.1. The molecular weight excluding hydrogens is 340 g/mol. The Bertz CT molecular complexity index is 589. The molecule has 1 spiro atoms. The van der Waals surface area contributed by atoms with E-state index in [1.54, 1.807) is 0 Å². The van der Waals surface area contributed by atoms with Crippen LogP contribution in [0.2, 0.25) is 0 Å². The topological polar surface area (TPSA) is 9.23 Å². The van der Waals surface area contributed by atoms with Gasteiger partial charge in [-0.3, -0.25) is 0 Å². The second kappa shape index (κ2) is 6.73. The third kappa shape index (κ3) is 2.66. The van der Waals surface area contributed by atoms with Crippen molar-refractivity contribution in [2.24, 2.45) is 46.3 Å². The van der Waals surface area contributed by atoms with E-state index in [2.05, 4.69) is 34.6 Å². The zero-order valence-corrected chi connectivity index (χ0v) is 19.4. The first-order valence-electron chi connectivity index (χ1n) is 13.0. The molecule has 2 bridgehead atoms. The summed E-state index contributed by atoms with van der Waals surface area (Å²) in [5, 5.41) is 0. The molecule has 0 radical (unpaired) electrons. The Balaban J connectivity index is 1.31. The first-order chi connectivity index (χ1) is 13.3. The average molecular weight is 387 g/mol. The van der Waals surface area contributed by atoms with Crippen molar-refractivity contribution < 1.29 is 4.74 Å². The summed E-state index contributed by atoms with van der Waals surface area (Å²) >= 11 is 0. The van der Waals surface area contributed by atoms with Gasteiger partial charge in [0.15, 0.2) is 0 Å². The molecule has 2 heterocycles. The standard InChI is InChI=1S/C27H46O/c1-18(2)7-6-8-19(3)22-9-10-23-21-12-16-27-17-20(28-27)11-15-26(27,5)24(21)13-14-25(22,23)4/h18-24H,6-17H2,1-5H3/t19-,20-,21+,22+,23-,24-,25-,26-,27-/m1/s1. The van der Waals surface area contributed by atoms with Gasteiger partial charge < -0.3 is 4.74 Å². The van der Waals surface area contributed by atoms with E-state index in [4.69, 9.17) is 4.74 Å². The zero-order chi connectivity index (χ0) is 19.7. The molecule has 2 aliphatic heterocycles. The minimum Gasteiger partial charge on any atom is -0.371 e. The predicted molar refractivity (Wildman–Crippen MR) is 117 cm³/mol. The smallest absolute Gasteiger partial charge is 0.0767 e. The van der Waals surface area contributed by atoms with E-state index in [0.29, 0.717) is 22.5 Å². The molecule has 0 aromatic heterocycles. The van der Waals surface area contributed by atoms with Crippen molar-refractivity contribution in [3.63, 3.8) is 0 Å². The maximum Gasteiger partial charge on any atom is 0.0767 e. The van der Waals surface area contributed by atoms with Crippen molar-refractivity contribution in [1.29, 1.82) is 0 Å². The van der Waals surface area contributed by atoms with Gasteiger partial charge in [0.25, 0.3) is 0 Å².